The van der Waals surface area contributed by atoms with Crippen LogP contribution < -0.4 is 10.2 Å². The summed E-state index contributed by atoms with van der Waals surface area (Å²) in [5.41, 5.74) is 0.837. The summed E-state index contributed by atoms with van der Waals surface area (Å²) in [5.74, 6) is 0.888. The van der Waals surface area contributed by atoms with Crippen molar-refractivity contribution in [3.8, 4) is 11.1 Å². The van der Waals surface area contributed by atoms with Gasteiger partial charge in [0, 0.05) is 25.0 Å². The van der Waals surface area contributed by atoms with Crippen LogP contribution in [0.3, 0.4) is 0 Å². The van der Waals surface area contributed by atoms with Crippen LogP contribution in [0.15, 0.2) is 48.9 Å². The fourth-order valence-electron chi connectivity index (χ4n) is 4.25. The van der Waals surface area contributed by atoms with Crippen LogP contribution >= 0.6 is 0 Å². The average molecular weight is 507 g/mol. The Balaban J connectivity index is 1.75. The number of carbonyl (C=O) groups is 2. The Bertz CT molecular complexity index is 1280. The molecule has 10 heteroatoms. The van der Waals surface area contributed by atoms with Crippen molar-refractivity contribution in [3.05, 3.63) is 60.3 Å². The Labute approximate surface area is 217 Å². The zero-order valence-electron chi connectivity index (χ0n) is 22.3. The Kier molecular flexibility index (Phi) is 6.94. The van der Waals surface area contributed by atoms with Crippen LogP contribution in [0.1, 0.15) is 52.9 Å². The van der Waals surface area contributed by atoms with Gasteiger partial charge in [0.05, 0.1) is 12.2 Å². The number of nitrogens with zero attached hydrogens (tertiary/aromatic N) is 5. The molecule has 1 aliphatic heterocycles. The summed E-state index contributed by atoms with van der Waals surface area (Å²) in [7, 11) is 1.87. The van der Waals surface area contributed by atoms with Crippen LogP contribution in [0.2, 0.25) is 0 Å². The number of alkyl carbamates (subject to hydrolysis) is 1. The second kappa shape index (κ2) is 9.84. The topological polar surface area (TPSA) is 111 Å². The van der Waals surface area contributed by atoms with E-state index in [0.29, 0.717) is 18.2 Å². The van der Waals surface area contributed by atoms with Gasteiger partial charge < -0.3 is 14.8 Å². The van der Waals surface area contributed by atoms with Crippen molar-refractivity contribution in [2.75, 3.05) is 11.5 Å². The van der Waals surface area contributed by atoms with Crippen LogP contribution in [0.4, 0.5) is 15.4 Å². The van der Waals surface area contributed by atoms with Crippen LogP contribution in [0.5, 0.6) is 0 Å². The van der Waals surface area contributed by atoms with Gasteiger partial charge in [0.25, 0.3) is 0 Å². The first kappa shape index (κ1) is 26.1. The predicted molar refractivity (Wildman–Crippen MR) is 139 cm³/mol. The van der Waals surface area contributed by atoms with Crippen LogP contribution in [-0.2, 0) is 22.1 Å². The minimum Gasteiger partial charge on any atom is -0.447 e. The lowest BCUT2D eigenvalue weighted by Crippen LogP contribution is -2.48. The lowest BCUT2D eigenvalue weighted by atomic mass is 9.89. The first-order valence-electron chi connectivity index (χ1n) is 12.3. The summed E-state index contributed by atoms with van der Waals surface area (Å²) in [6, 6.07) is 9.26. The molecule has 1 saturated heterocycles. The van der Waals surface area contributed by atoms with Gasteiger partial charge in [0.15, 0.2) is 5.82 Å². The van der Waals surface area contributed by atoms with Crippen molar-refractivity contribution in [3.63, 3.8) is 0 Å². The number of cyclic esters (lactones) is 1. The normalized spacial score (nSPS) is 17.5. The first-order valence-corrected chi connectivity index (χ1v) is 12.3. The maximum Gasteiger partial charge on any atom is 0.415 e. The van der Waals surface area contributed by atoms with E-state index in [2.05, 4.69) is 15.4 Å². The number of benzene rings is 1. The van der Waals surface area contributed by atoms with E-state index in [0.717, 1.165) is 16.7 Å². The molecule has 2 amide bonds. The number of aromatic nitrogens is 4. The van der Waals surface area contributed by atoms with Gasteiger partial charge >= 0.3 is 12.2 Å². The van der Waals surface area contributed by atoms with Crippen molar-refractivity contribution in [1.82, 2.24) is 25.1 Å². The molecule has 3 heterocycles. The smallest absolute Gasteiger partial charge is 0.415 e. The number of aryl methyl sites for hydroxylation is 1. The lowest BCUT2D eigenvalue weighted by molar-refractivity contribution is 0.0475. The number of hydrogen-bond donors (Lipinski definition) is 1. The van der Waals surface area contributed by atoms with Crippen LogP contribution in [-0.4, -0.2) is 50.2 Å². The highest BCUT2D eigenvalue weighted by Gasteiger charge is 2.40. The molecule has 2 atom stereocenters. The molecule has 37 heavy (non-hydrogen) atoms. The molecule has 10 nitrogen and oxygen atoms in total. The van der Waals surface area contributed by atoms with E-state index in [1.54, 1.807) is 48.8 Å². The number of nitrogens with one attached hydrogen (secondary N) is 1. The highest BCUT2D eigenvalue weighted by atomic mass is 16.6. The minimum atomic E-state index is -1.16. The molecule has 1 fully saturated rings. The Morgan fingerprint density at radius 3 is 2.43 bits per heavy atom. The van der Waals surface area contributed by atoms with Crippen molar-refractivity contribution >= 4 is 18.0 Å². The zero-order chi connectivity index (χ0) is 27.0. The molecule has 0 aliphatic carbocycles. The summed E-state index contributed by atoms with van der Waals surface area (Å²) in [5, 5.41) is 7.21. The third kappa shape index (κ3) is 5.58. The molecular weight excluding hydrogens is 472 g/mol. The van der Waals surface area contributed by atoms with E-state index in [1.807, 2.05) is 58.3 Å². The fraction of sp³-hybridized carbons (Fsp3) is 0.444. The fourth-order valence-corrected chi connectivity index (χ4v) is 4.25. The van der Waals surface area contributed by atoms with Crippen molar-refractivity contribution in [1.29, 1.82) is 0 Å². The molecule has 4 rings (SSSR count). The molecule has 2 aromatic heterocycles. The van der Waals surface area contributed by atoms with Gasteiger partial charge in [-0.1, -0.05) is 38.1 Å². The predicted octanol–water partition coefficient (Wildman–Crippen LogP) is 4.65. The highest BCUT2D eigenvalue weighted by Crippen LogP contribution is 2.32. The average Bonchev–Trinajstić information content (AvgIpc) is 3.43. The van der Waals surface area contributed by atoms with Gasteiger partial charge in [-0.15, -0.1) is 0 Å². The van der Waals surface area contributed by atoms with E-state index < -0.39 is 23.3 Å². The number of hydrogen-bond acceptors (Lipinski definition) is 7. The van der Waals surface area contributed by atoms with Crippen LogP contribution in [0, 0.1) is 5.92 Å². The second-order valence-corrected chi connectivity index (χ2v) is 10.7. The van der Waals surface area contributed by atoms with E-state index >= 15 is 0 Å². The summed E-state index contributed by atoms with van der Waals surface area (Å²) in [4.78, 5) is 36.4. The second-order valence-electron chi connectivity index (χ2n) is 10.7. The van der Waals surface area contributed by atoms with E-state index in [-0.39, 0.29) is 12.0 Å². The van der Waals surface area contributed by atoms with Gasteiger partial charge in [0.2, 0.25) is 0 Å². The molecular formula is C27H34N6O4. The largest absolute Gasteiger partial charge is 0.447 e. The third-order valence-corrected chi connectivity index (χ3v) is 6.26. The highest BCUT2D eigenvalue weighted by molar-refractivity contribution is 5.89. The molecule has 0 bridgehead atoms. The summed E-state index contributed by atoms with van der Waals surface area (Å²) < 4.78 is 12.6. The third-order valence-electron chi connectivity index (χ3n) is 6.26. The maximum atomic E-state index is 13.0. The summed E-state index contributed by atoms with van der Waals surface area (Å²) in [6.07, 6.45) is 4.24. The van der Waals surface area contributed by atoms with Gasteiger partial charge in [0.1, 0.15) is 23.6 Å². The summed E-state index contributed by atoms with van der Waals surface area (Å²) >= 11 is 0. The molecule has 0 saturated carbocycles. The Morgan fingerprint density at radius 2 is 1.84 bits per heavy atom. The minimum absolute atomic E-state index is 0.154. The van der Waals surface area contributed by atoms with E-state index in [4.69, 9.17) is 14.5 Å². The van der Waals surface area contributed by atoms with Gasteiger partial charge in [-0.3, -0.25) is 9.58 Å². The molecule has 3 aromatic rings. The summed E-state index contributed by atoms with van der Waals surface area (Å²) in [6.45, 7) is 11.6. The monoisotopic (exact) mass is 506 g/mol. The maximum absolute atomic E-state index is 13.0. The molecule has 196 valence electrons. The lowest BCUT2D eigenvalue weighted by Gasteiger charge is -2.32. The molecule has 0 unspecified atom stereocenters. The SMILES string of the molecule is CC(C)[C@H]1COC(=O)N1c1ccnc([C@@](C)(NC(=O)OC(C)(C)C)c2ccc(-c3cnn(C)c3)cc2)n1. The number of rotatable bonds is 6. The van der Waals surface area contributed by atoms with Crippen molar-refractivity contribution < 1.29 is 19.1 Å². The number of anilines is 1. The van der Waals surface area contributed by atoms with Crippen LogP contribution in [0.25, 0.3) is 11.1 Å². The molecule has 1 aliphatic rings. The molecule has 0 spiro atoms. The van der Waals surface area contributed by atoms with E-state index in [9.17, 15) is 9.59 Å². The number of carbonyl (C=O) groups excluding carboxylic acids is 2. The number of amides is 2. The van der Waals surface area contributed by atoms with E-state index in [1.165, 1.54) is 0 Å². The standard InChI is InChI=1S/C27H34N6O4/c1-17(2)21-16-36-25(35)33(21)22-12-13-28-23(30-22)27(6,31-24(34)37-26(3,4)5)20-10-8-18(9-11-20)19-14-29-32(7)15-19/h8-15,17,21H,16H2,1-7H3,(H,31,34)/t21-,27+/m1/s1. The van der Waals surface area contributed by atoms with Gasteiger partial charge in [-0.05, 0) is 50.8 Å². The number of ether oxygens (including phenoxy) is 2. The molecule has 0 radical (unpaired) electrons. The zero-order valence-corrected chi connectivity index (χ0v) is 22.3. The Hall–Kier alpha value is -3.95. The quantitative estimate of drug-likeness (QED) is 0.518. The molecule has 1 N–H and O–H groups in total. The van der Waals surface area contributed by atoms with Gasteiger partial charge in [-0.25, -0.2) is 19.6 Å². The first-order chi connectivity index (χ1) is 17.4. The van der Waals surface area contributed by atoms with Gasteiger partial charge in [-0.2, -0.15) is 5.10 Å². The Morgan fingerprint density at radius 1 is 1.14 bits per heavy atom. The van der Waals surface area contributed by atoms with Crippen molar-refractivity contribution in [2.24, 2.45) is 13.0 Å². The molecule has 1 aromatic carbocycles. The van der Waals surface area contributed by atoms with Crippen molar-refractivity contribution in [2.45, 2.75) is 58.7 Å².